The number of amides is 3. The normalized spacial score (nSPS) is 13.6. The molecule has 9 heteroatoms. The monoisotopic (exact) mass is 397 g/mol. The van der Waals surface area contributed by atoms with Crippen molar-refractivity contribution >= 4 is 23.3 Å². The Kier molecular flexibility index (Phi) is 5.34. The largest absolute Gasteiger partial charge is 0.443 e. The van der Waals surface area contributed by atoms with Crippen molar-refractivity contribution in [1.29, 1.82) is 0 Å². The Bertz CT molecular complexity index is 942. The number of nitrogens with one attached hydrogen (secondary N) is 1. The highest BCUT2D eigenvalue weighted by molar-refractivity contribution is 7.09. The van der Waals surface area contributed by atoms with Crippen LogP contribution in [-0.2, 0) is 6.54 Å². The first kappa shape index (κ1) is 18.2. The van der Waals surface area contributed by atoms with Crippen LogP contribution in [0.5, 0.6) is 0 Å². The van der Waals surface area contributed by atoms with Gasteiger partial charge in [0.2, 0.25) is 0 Å². The zero-order valence-electron chi connectivity index (χ0n) is 15.1. The number of thiazole rings is 1. The second-order valence-electron chi connectivity index (χ2n) is 6.27. The highest BCUT2D eigenvalue weighted by atomic mass is 32.1. The molecule has 0 atom stereocenters. The molecule has 28 heavy (non-hydrogen) atoms. The fourth-order valence-electron chi connectivity index (χ4n) is 3.06. The van der Waals surface area contributed by atoms with Gasteiger partial charge in [-0.2, -0.15) is 0 Å². The van der Waals surface area contributed by atoms with E-state index in [4.69, 9.17) is 4.42 Å². The van der Waals surface area contributed by atoms with Crippen LogP contribution in [-0.4, -0.2) is 57.9 Å². The maximum atomic E-state index is 13.3. The van der Waals surface area contributed by atoms with Crippen molar-refractivity contribution in [2.75, 3.05) is 26.2 Å². The molecule has 3 amide bonds. The minimum atomic E-state index is -0.248. The van der Waals surface area contributed by atoms with Gasteiger partial charge in [-0.3, -0.25) is 4.79 Å². The third-order valence-electron chi connectivity index (χ3n) is 4.49. The van der Waals surface area contributed by atoms with Gasteiger partial charge < -0.3 is 19.5 Å². The number of nitrogens with zero attached hydrogens (tertiary/aromatic N) is 4. The Morgan fingerprint density at radius 2 is 2.14 bits per heavy atom. The Morgan fingerprint density at radius 3 is 2.86 bits per heavy atom. The number of oxazole rings is 1. The van der Waals surface area contributed by atoms with Gasteiger partial charge in [-0.15, -0.1) is 11.3 Å². The molecule has 0 unspecified atom stereocenters. The Hall–Kier alpha value is -3.20. The van der Waals surface area contributed by atoms with Gasteiger partial charge in [-0.1, -0.05) is 30.3 Å². The molecule has 144 valence electrons. The van der Waals surface area contributed by atoms with Crippen molar-refractivity contribution < 1.29 is 14.0 Å². The Morgan fingerprint density at radius 1 is 1.29 bits per heavy atom. The lowest BCUT2D eigenvalue weighted by Gasteiger charge is -2.24. The molecule has 1 saturated heterocycles. The van der Waals surface area contributed by atoms with Crippen LogP contribution in [0.1, 0.15) is 15.5 Å². The maximum Gasteiger partial charge on any atom is 0.317 e. The number of carbonyl (C=O) groups excluding carboxylic acids is 2. The van der Waals surface area contributed by atoms with Gasteiger partial charge in [0.25, 0.3) is 5.91 Å². The molecule has 8 nitrogen and oxygen atoms in total. The van der Waals surface area contributed by atoms with Crippen LogP contribution >= 0.6 is 11.3 Å². The first-order valence-corrected chi connectivity index (χ1v) is 9.79. The van der Waals surface area contributed by atoms with Crippen molar-refractivity contribution in [1.82, 2.24) is 25.1 Å². The molecule has 1 aliphatic rings. The van der Waals surface area contributed by atoms with E-state index in [-0.39, 0.29) is 17.6 Å². The highest BCUT2D eigenvalue weighted by Gasteiger charge is 2.26. The molecule has 2 aromatic heterocycles. The molecular formula is C19H19N5O3S. The number of rotatable bonds is 7. The first-order chi connectivity index (χ1) is 13.7. The summed E-state index contributed by atoms with van der Waals surface area (Å²) in [4.78, 5) is 36.9. The van der Waals surface area contributed by atoms with Crippen LogP contribution < -0.4 is 5.32 Å². The summed E-state index contributed by atoms with van der Waals surface area (Å²) in [6.07, 6.45) is 2.99. The van der Waals surface area contributed by atoms with Gasteiger partial charge >= 0.3 is 6.03 Å². The van der Waals surface area contributed by atoms with E-state index >= 15 is 0 Å². The van der Waals surface area contributed by atoms with Crippen molar-refractivity contribution in [3.63, 3.8) is 0 Å². The molecule has 1 aromatic carbocycles. The summed E-state index contributed by atoms with van der Waals surface area (Å²) < 4.78 is 5.51. The van der Waals surface area contributed by atoms with Gasteiger partial charge in [0.15, 0.2) is 17.8 Å². The first-order valence-electron chi connectivity index (χ1n) is 8.91. The fourth-order valence-corrected chi connectivity index (χ4v) is 3.69. The number of aromatic nitrogens is 2. The zero-order chi connectivity index (χ0) is 19.3. The van der Waals surface area contributed by atoms with E-state index in [0.717, 1.165) is 10.6 Å². The minimum Gasteiger partial charge on any atom is -0.443 e. The molecule has 3 heterocycles. The molecule has 0 radical (unpaired) electrons. The van der Waals surface area contributed by atoms with Gasteiger partial charge in [-0.25, -0.2) is 14.8 Å². The molecule has 0 saturated carbocycles. The lowest BCUT2D eigenvalue weighted by molar-refractivity contribution is 0.0726. The highest BCUT2D eigenvalue weighted by Crippen LogP contribution is 2.24. The van der Waals surface area contributed by atoms with E-state index in [9.17, 15) is 9.59 Å². The minimum absolute atomic E-state index is 0.104. The quantitative estimate of drug-likeness (QED) is 0.661. The summed E-state index contributed by atoms with van der Waals surface area (Å²) in [7, 11) is 0. The van der Waals surface area contributed by atoms with E-state index in [1.165, 1.54) is 17.7 Å². The number of carbonyl (C=O) groups is 2. The van der Waals surface area contributed by atoms with E-state index in [2.05, 4.69) is 15.3 Å². The lowest BCUT2D eigenvalue weighted by atomic mass is 10.1. The summed E-state index contributed by atoms with van der Waals surface area (Å²) in [5, 5.41) is 5.47. The molecule has 0 aliphatic carbocycles. The van der Waals surface area contributed by atoms with Crippen molar-refractivity contribution in [3.8, 4) is 11.3 Å². The van der Waals surface area contributed by atoms with Crippen molar-refractivity contribution in [2.45, 2.75) is 6.54 Å². The van der Waals surface area contributed by atoms with Crippen LogP contribution in [0.3, 0.4) is 0 Å². The van der Waals surface area contributed by atoms with Gasteiger partial charge in [0, 0.05) is 43.3 Å². The van der Waals surface area contributed by atoms with Crippen LogP contribution in [0.15, 0.2) is 52.7 Å². The van der Waals surface area contributed by atoms with Crippen molar-refractivity contribution in [2.24, 2.45) is 0 Å². The summed E-state index contributed by atoms with van der Waals surface area (Å²) in [5.74, 6) is 0.191. The number of hydrogen-bond acceptors (Lipinski definition) is 6. The molecule has 4 rings (SSSR count). The molecule has 3 aromatic rings. The number of urea groups is 1. The van der Waals surface area contributed by atoms with Gasteiger partial charge in [-0.05, 0) is 0 Å². The summed E-state index contributed by atoms with van der Waals surface area (Å²) >= 11 is 1.48. The van der Waals surface area contributed by atoms with Gasteiger partial charge in [0.1, 0.15) is 5.01 Å². The standard InChI is InChI=1S/C19H19N5O3S/c25-18(16-17(27-13-22-16)14-4-2-1-3-5-14)24(12-15-20-7-11-28-15)10-9-23-8-6-21-19(23)26/h1-5,7,11,13H,6,8-10,12H2,(H,21,26). The third-order valence-corrected chi connectivity index (χ3v) is 5.25. The van der Waals surface area contributed by atoms with E-state index < -0.39 is 0 Å². The summed E-state index contributed by atoms with van der Waals surface area (Å²) in [6.45, 7) is 2.44. The maximum absolute atomic E-state index is 13.3. The molecule has 1 fully saturated rings. The van der Waals surface area contributed by atoms with Crippen LogP contribution in [0.2, 0.25) is 0 Å². The van der Waals surface area contributed by atoms with E-state index in [1.807, 2.05) is 35.7 Å². The number of benzene rings is 1. The predicted molar refractivity (Wildman–Crippen MR) is 104 cm³/mol. The average Bonchev–Trinajstić information content (AvgIpc) is 3.47. The number of hydrogen-bond donors (Lipinski definition) is 1. The van der Waals surface area contributed by atoms with Crippen LogP contribution in [0, 0.1) is 0 Å². The van der Waals surface area contributed by atoms with Gasteiger partial charge in [0.05, 0.1) is 6.54 Å². The molecule has 0 spiro atoms. The van der Waals surface area contributed by atoms with Crippen molar-refractivity contribution in [3.05, 3.63) is 59.0 Å². The Balaban J connectivity index is 1.56. The van der Waals surface area contributed by atoms with Crippen LogP contribution in [0.25, 0.3) is 11.3 Å². The molecule has 1 aliphatic heterocycles. The molecule has 1 N–H and O–H groups in total. The zero-order valence-corrected chi connectivity index (χ0v) is 15.9. The Labute approximate surface area is 165 Å². The molecule has 0 bridgehead atoms. The predicted octanol–water partition coefficient (Wildman–Crippen LogP) is 2.47. The third kappa shape index (κ3) is 3.89. The fraction of sp³-hybridized carbons (Fsp3) is 0.263. The SMILES string of the molecule is O=C1NCCN1CCN(Cc1nccs1)C(=O)c1ncoc1-c1ccccc1. The van der Waals surface area contributed by atoms with E-state index in [0.29, 0.717) is 38.5 Å². The summed E-state index contributed by atoms with van der Waals surface area (Å²) in [5.41, 5.74) is 1.05. The smallest absolute Gasteiger partial charge is 0.317 e. The topological polar surface area (TPSA) is 91.6 Å². The second-order valence-corrected chi connectivity index (χ2v) is 7.25. The van der Waals surface area contributed by atoms with E-state index in [1.54, 1.807) is 16.0 Å². The summed E-state index contributed by atoms with van der Waals surface area (Å²) in [6, 6.07) is 9.30. The lowest BCUT2D eigenvalue weighted by Crippen LogP contribution is -2.39. The second kappa shape index (κ2) is 8.22. The molecular weight excluding hydrogens is 378 g/mol. The average molecular weight is 397 g/mol. The van der Waals surface area contributed by atoms with Crippen LogP contribution in [0.4, 0.5) is 4.79 Å².